The largest absolute Gasteiger partial charge is 0.326 e. The van der Waals surface area contributed by atoms with E-state index in [0.29, 0.717) is 17.4 Å². The molecule has 3 rings (SSSR count). The molecule has 1 saturated carbocycles. The zero-order valence-corrected chi connectivity index (χ0v) is 13.9. The first-order valence-corrected chi connectivity index (χ1v) is 8.55. The van der Waals surface area contributed by atoms with E-state index in [1.54, 1.807) is 24.3 Å². The minimum absolute atomic E-state index is 0.159. The number of benzene rings is 1. The van der Waals surface area contributed by atoms with Crippen LogP contribution in [-0.2, 0) is 14.4 Å². The second-order valence-corrected chi connectivity index (χ2v) is 6.55. The highest BCUT2D eigenvalue weighted by Crippen LogP contribution is 2.26. The van der Waals surface area contributed by atoms with Gasteiger partial charge in [0.05, 0.1) is 18.2 Å². The van der Waals surface area contributed by atoms with Gasteiger partial charge in [-0.3, -0.25) is 14.4 Å². The Kier molecular flexibility index (Phi) is 4.94. The molecule has 6 heteroatoms. The number of nitrogens with zero attached hydrogens (tertiary/aromatic N) is 1. The Labute approximate surface area is 141 Å². The van der Waals surface area contributed by atoms with Crippen molar-refractivity contribution in [3.05, 3.63) is 24.3 Å². The van der Waals surface area contributed by atoms with Crippen LogP contribution >= 0.6 is 0 Å². The zero-order valence-electron chi connectivity index (χ0n) is 13.9. The fourth-order valence-electron chi connectivity index (χ4n) is 3.48. The SMILES string of the molecule is CC(=O)Nc1ccc(N2C(=O)CC(NC3CCCCC3)C2=O)cc1. The number of anilines is 2. The van der Waals surface area contributed by atoms with Gasteiger partial charge in [0.25, 0.3) is 5.91 Å². The summed E-state index contributed by atoms with van der Waals surface area (Å²) < 4.78 is 0. The van der Waals surface area contributed by atoms with Crippen molar-refractivity contribution in [3.8, 4) is 0 Å². The zero-order chi connectivity index (χ0) is 17.1. The molecule has 1 aromatic carbocycles. The molecule has 1 aromatic rings. The van der Waals surface area contributed by atoms with Gasteiger partial charge >= 0.3 is 0 Å². The normalized spacial score (nSPS) is 22.0. The van der Waals surface area contributed by atoms with Gasteiger partial charge in [0.1, 0.15) is 0 Å². The van der Waals surface area contributed by atoms with Crippen LogP contribution in [0.15, 0.2) is 24.3 Å². The molecule has 0 aromatic heterocycles. The van der Waals surface area contributed by atoms with Crippen LogP contribution in [-0.4, -0.2) is 29.8 Å². The lowest BCUT2D eigenvalue weighted by atomic mass is 9.95. The molecule has 6 nitrogen and oxygen atoms in total. The van der Waals surface area contributed by atoms with Crippen LogP contribution < -0.4 is 15.5 Å². The molecule has 0 bridgehead atoms. The molecule has 1 heterocycles. The lowest BCUT2D eigenvalue weighted by molar-refractivity contribution is -0.122. The number of imide groups is 1. The lowest BCUT2D eigenvalue weighted by Gasteiger charge is -2.25. The topological polar surface area (TPSA) is 78.5 Å². The van der Waals surface area contributed by atoms with Gasteiger partial charge in [-0.25, -0.2) is 4.90 Å². The molecule has 3 amide bonds. The Bertz CT molecular complexity index is 635. The van der Waals surface area contributed by atoms with Crippen LogP contribution in [0.4, 0.5) is 11.4 Å². The molecule has 1 atom stereocenters. The van der Waals surface area contributed by atoms with Crippen molar-refractivity contribution >= 4 is 29.1 Å². The number of amides is 3. The van der Waals surface area contributed by atoms with Crippen molar-refractivity contribution in [2.24, 2.45) is 0 Å². The van der Waals surface area contributed by atoms with E-state index < -0.39 is 6.04 Å². The van der Waals surface area contributed by atoms with E-state index in [2.05, 4.69) is 10.6 Å². The van der Waals surface area contributed by atoms with Crippen LogP contribution in [0.1, 0.15) is 45.4 Å². The average Bonchev–Trinajstić information content (AvgIpc) is 2.83. The maximum absolute atomic E-state index is 12.6. The molecule has 0 spiro atoms. The van der Waals surface area contributed by atoms with Gasteiger partial charge in [-0.2, -0.15) is 0 Å². The Morgan fingerprint density at radius 3 is 2.38 bits per heavy atom. The van der Waals surface area contributed by atoms with Crippen LogP contribution in [0.2, 0.25) is 0 Å². The summed E-state index contributed by atoms with van der Waals surface area (Å²) in [5.41, 5.74) is 1.19. The summed E-state index contributed by atoms with van der Waals surface area (Å²) in [5.74, 6) is -0.522. The van der Waals surface area contributed by atoms with Crippen LogP contribution in [0, 0.1) is 0 Å². The van der Waals surface area contributed by atoms with Gasteiger partial charge < -0.3 is 10.6 Å². The molecule has 1 aliphatic heterocycles. The second kappa shape index (κ2) is 7.13. The fraction of sp³-hybridized carbons (Fsp3) is 0.500. The van der Waals surface area contributed by atoms with Crippen molar-refractivity contribution in [1.29, 1.82) is 0 Å². The first-order valence-electron chi connectivity index (χ1n) is 8.55. The summed E-state index contributed by atoms with van der Waals surface area (Å²) in [4.78, 5) is 37.2. The van der Waals surface area contributed by atoms with Crippen molar-refractivity contribution < 1.29 is 14.4 Å². The predicted molar refractivity (Wildman–Crippen MR) is 91.7 cm³/mol. The van der Waals surface area contributed by atoms with Gasteiger partial charge in [0, 0.05) is 18.7 Å². The Hall–Kier alpha value is -2.21. The summed E-state index contributed by atoms with van der Waals surface area (Å²) in [7, 11) is 0. The second-order valence-electron chi connectivity index (χ2n) is 6.55. The lowest BCUT2D eigenvalue weighted by Crippen LogP contribution is -2.44. The quantitative estimate of drug-likeness (QED) is 0.830. The minimum Gasteiger partial charge on any atom is -0.326 e. The summed E-state index contributed by atoms with van der Waals surface area (Å²) >= 11 is 0. The molecule has 2 N–H and O–H groups in total. The summed E-state index contributed by atoms with van der Waals surface area (Å²) in [6.45, 7) is 1.43. The van der Waals surface area contributed by atoms with Crippen LogP contribution in [0.25, 0.3) is 0 Å². The van der Waals surface area contributed by atoms with E-state index in [4.69, 9.17) is 0 Å². The predicted octanol–water partition coefficient (Wildman–Crippen LogP) is 2.20. The van der Waals surface area contributed by atoms with E-state index in [1.165, 1.54) is 31.1 Å². The number of hydrogen-bond acceptors (Lipinski definition) is 4. The highest BCUT2D eigenvalue weighted by atomic mass is 16.2. The number of rotatable bonds is 4. The van der Waals surface area contributed by atoms with Crippen molar-refractivity contribution in [3.63, 3.8) is 0 Å². The maximum Gasteiger partial charge on any atom is 0.251 e. The smallest absolute Gasteiger partial charge is 0.251 e. The molecular formula is C18H23N3O3. The highest BCUT2D eigenvalue weighted by molar-refractivity contribution is 6.22. The summed E-state index contributed by atoms with van der Waals surface area (Å²) in [5, 5.41) is 6.03. The van der Waals surface area contributed by atoms with E-state index in [-0.39, 0.29) is 24.1 Å². The van der Waals surface area contributed by atoms with Crippen LogP contribution in [0.5, 0.6) is 0 Å². The number of carbonyl (C=O) groups excluding carboxylic acids is 3. The number of carbonyl (C=O) groups is 3. The Morgan fingerprint density at radius 2 is 1.75 bits per heavy atom. The highest BCUT2D eigenvalue weighted by Gasteiger charge is 2.40. The maximum atomic E-state index is 12.6. The molecule has 2 fully saturated rings. The summed E-state index contributed by atoms with van der Waals surface area (Å²) in [6.07, 6.45) is 5.97. The van der Waals surface area contributed by atoms with E-state index in [0.717, 1.165) is 12.8 Å². The third-order valence-electron chi connectivity index (χ3n) is 4.63. The van der Waals surface area contributed by atoms with E-state index in [1.807, 2.05) is 0 Å². The molecule has 128 valence electrons. The Morgan fingerprint density at radius 1 is 1.08 bits per heavy atom. The van der Waals surface area contributed by atoms with Crippen LogP contribution in [0.3, 0.4) is 0 Å². The monoisotopic (exact) mass is 329 g/mol. The van der Waals surface area contributed by atoms with Crippen molar-refractivity contribution in [2.75, 3.05) is 10.2 Å². The molecule has 1 aliphatic carbocycles. The third-order valence-corrected chi connectivity index (χ3v) is 4.63. The number of nitrogens with one attached hydrogen (secondary N) is 2. The van der Waals surface area contributed by atoms with E-state index >= 15 is 0 Å². The van der Waals surface area contributed by atoms with E-state index in [9.17, 15) is 14.4 Å². The van der Waals surface area contributed by atoms with Gasteiger partial charge in [-0.05, 0) is 37.1 Å². The molecule has 2 aliphatic rings. The first kappa shape index (κ1) is 16.6. The molecule has 1 saturated heterocycles. The first-order chi connectivity index (χ1) is 11.5. The fourth-order valence-corrected chi connectivity index (χ4v) is 3.48. The molecule has 24 heavy (non-hydrogen) atoms. The van der Waals surface area contributed by atoms with Gasteiger partial charge in [-0.1, -0.05) is 19.3 Å². The molecule has 1 unspecified atom stereocenters. The Balaban J connectivity index is 1.68. The standard InChI is InChI=1S/C18H23N3O3/c1-12(22)19-14-7-9-15(10-8-14)21-17(23)11-16(18(21)24)20-13-5-3-2-4-6-13/h7-10,13,16,20H,2-6,11H2,1H3,(H,19,22). The summed E-state index contributed by atoms with van der Waals surface area (Å²) in [6, 6.07) is 6.67. The van der Waals surface area contributed by atoms with Gasteiger partial charge in [-0.15, -0.1) is 0 Å². The number of hydrogen-bond donors (Lipinski definition) is 2. The average molecular weight is 329 g/mol. The van der Waals surface area contributed by atoms with Gasteiger partial charge in [0.15, 0.2) is 0 Å². The van der Waals surface area contributed by atoms with Gasteiger partial charge in [0.2, 0.25) is 11.8 Å². The molecule has 0 radical (unpaired) electrons. The van der Waals surface area contributed by atoms with Crippen molar-refractivity contribution in [2.45, 2.75) is 57.5 Å². The van der Waals surface area contributed by atoms with Crippen molar-refractivity contribution in [1.82, 2.24) is 5.32 Å². The minimum atomic E-state index is -0.421. The molecular weight excluding hydrogens is 306 g/mol. The third kappa shape index (κ3) is 3.64.